The molecule has 0 radical (unpaired) electrons. The van der Waals surface area contributed by atoms with E-state index in [1.165, 1.54) is 63.0 Å². The maximum Gasteiger partial charge on any atom is 0.119 e. The zero-order valence-corrected chi connectivity index (χ0v) is 13.9. The number of hydrogen-bond acceptors (Lipinski definition) is 3. The van der Waals surface area contributed by atoms with Gasteiger partial charge in [0.2, 0.25) is 0 Å². The molecule has 0 unspecified atom stereocenters. The summed E-state index contributed by atoms with van der Waals surface area (Å²) >= 11 is 0. The fraction of sp³-hybridized carbons (Fsp3) is 0.684. The molecule has 1 heterocycles. The lowest BCUT2D eigenvalue weighted by Crippen LogP contribution is -2.44. The van der Waals surface area contributed by atoms with E-state index in [4.69, 9.17) is 0 Å². The smallest absolute Gasteiger partial charge is 0.119 e. The van der Waals surface area contributed by atoms with Gasteiger partial charge < -0.3 is 10.4 Å². The number of hydrogen-bond donors (Lipinski definition) is 2. The van der Waals surface area contributed by atoms with Crippen molar-refractivity contribution >= 4 is 0 Å². The Kier molecular flexibility index (Phi) is 5.37. The molecule has 1 saturated heterocycles. The third kappa shape index (κ3) is 3.64. The predicted octanol–water partition coefficient (Wildman–Crippen LogP) is 2.96. The van der Waals surface area contributed by atoms with Gasteiger partial charge in [0, 0.05) is 12.6 Å². The summed E-state index contributed by atoms with van der Waals surface area (Å²) in [6, 6.07) is 6.69. The topological polar surface area (TPSA) is 35.5 Å². The number of rotatable bonds is 5. The zero-order valence-electron chi connectivity index (χ0n) is 13.9. The standard InChI is InChI=1S/C19H30N2O/c1-2-12-21(14-15-8-10-20-11-9-15)17-6-7-18-16(13-17)4-3-5-19(18)22/h3-5,15,17,20,22H,2,6-14H2,1H3/t17-/m1/s1. The van der Waals surface area contributed by atoms with Gasteiger partial charge in [-0.05, 0) is 81.3 Å². The van der Waals surface area contributed by atoms with Gasteiger partial charge in [0.25, 0.3) is 0 Å². The number of piperidine rings is 1. The quantitative estimate of drug-likeness (QED) is 0.878. The molecule has 2 N–H and O–H groups in total. The lowest BCUT2D eigenvalue weighted by molar-refractivity contribution is 0.139. The number of benzene rings is 1. The first-order valence-electron chi connectivity index (χ1n) is 9.02. The second-order valence-electron chi connectivity index (χ2n) is 7.00. The van der Waals surface area contributed by atoms with Crippen LogP contribution in [0.3, 0.4) is 0 Å². The van der Waals surface area contributed by atoms with E-state index in [9.17, 15) is 5.11 Å². The molecule has 1 aliphatic carbocycles. The summed E-state index contributed by atoms with van der Waals surface area (Å²) in [5.41, 5.74) is 2.56. The highest BCUT2D eigenvalue weighted by Crippen LogP contribution is 2.31. The van der Waals surface area contributed by atoms with Crippen LogP contribution in [0, 0.1) is 5.92 Å². The molecule has 3 nitrogen and oxygen atoms in total. The molecule has 22 heavy (non-hydrogen) atoms. The normalized spacial score (nSPS) is 22.7. The van der Waals surface area contributed by atoms with Crippen molar-refractivity contribution in [3.8, 4) is 5.75 Å². The van der Waals surface area contributed by atoms with Crippen LogP contribution in [-0.2, 0) is 12.8 Å². The minimum Gasteiger partial charge on any atom is -0.508 e. The number of nitrogens with zero attached hydrogens (tertiary/aromatic N) is 1. The molecule has 0 bridgehead atoms. The Labute approximate surface area is 134 Å². The van der Waals surface area contributed by atoms with E-state index in [1.807, 2.05) is 12.1 Å². The van der Waals surface area contributed by atoms with Crippen LogP contribution in [0.2, 0.25) is 0 Å². The van der Waals surface area contributed by atoms with Crippen LogP contribution >= 0.6 is 0 Å². The van der Waals surface area contributed by atoms with E-state index in [1.54, 1.807) is 0 Å². The molecule has 0 spiro atoms. The van der Waals surface area contributed by atoms with E-state index >= 15 is 0 Å². The van der Waals surface area contributed by atoms with Crippen molar-refractivity contribution in [1.29, 1.82) is 0 Å². The van der Waals surface area contributed by atoms with Gasteiger partial charge in [0.15, 0.2) is 0 Å². The number of nitrogens with one attached hydrogen (secondary N) is 1. The van der Waals surface area contributed by atoms with Crippen molar-refractivity contribution < 1.29 is 5.11 Å². The molecule has 0 saturated carbocycles. The molecular weight excluding hydrogens is 272 g/mol. The number of aromatic hydroxyl groups is 1. The van der Waals surface area contributed by atoms with E-state index < -0.39 is 0 Å². The maximum atomic E-state index is 10.0. The molecule has 1 fully saturated rings. The summed E-state index contributed by atoms with van der Waals surface area (Å²) in [4.78, 5) is 2.74. The Morgan fingerprint density at radius 3 is 2.82 bits per heavy atom. The Hall–Kier alpha value is -1.06. The molecule has 0 aromatic heterocycles. The number of fused-ring (bicyclic) bond motifs is 1. The molecule has 1 aromatic rings. The van der Waals surface area contributed by atoms with Gasteiger partial charge in [0.1, 0.15) is 5.75 Å². The third-order valence-electron chi connectivity index (χ3n) is 5.41. The lowest BCUT2D eigenvalue weighted by atomic mass is 9.86. The molecule has 1 aliphatic heterocycles. The molecule has 3 heteroatoms. The van der Waals surface area contributed by atoms with Crippen LogP contribution in [0.5, 0.6) is 5.75 Å². The summed E-state index contributed by atoms with van der Waals surface area (Å²) < 4.78 is 0. The molecule has 1 atom stereocenters. The Balaban J connectivity index is 1.67. The second-order valence-corrected chi connectivity index (χ2v) is 7.00. The first-order chi connectivity index (χ1) is 10.8. The predicted molar refractivity (Wildman–Crippen MR) is 91.4 cm³/mol. The minimum absolute atomic E-state index is 0.497. The molecule has 122 valence electrons. The van der Waals surface area contributed by atoms with Crippen LogP contribution in [0.25, 0.3) is 0 Å². The van der Waals surface area contributed by atoms with Crippen molar-refractivity contribution in [3.63, 3.8) is 0 Å². The fourth-order valence-electron chi connectivity index (χ4n) is 4.19. The lowest BCUT2D eigenvalue weighted by Gasteiger charge is -2.38. The molecule has 3 rings (SSSR count). The van der Waals surface area contributed by atoms with E-state index in [2.05, 4.69) is 23.2 Å². The average molecular weight is 302 g/mol. The largest absolute Gasteiger partial charge is 0.508 e. The van der Waals surface area contributed by atoms with Crippen molar-refractivity contribution in [2.75, 3.05) is 26.2 Å². The van der Waals surface area contributed by atoms with E-state index in [0.29, 0.717) is 11.8 Å². The number of phenolic OH excluding ortho intramolecular Hbond substituents is 1. The fourth-order valence-corrected chi connectivity index (χ4v) is 4.19. The van der Waals surface area contributed by atoms with Gasteiger partial charge in [-0.2, -0.15) is 0 Å². The second kappa shape index (κ2) is 7.47. The highest BCUT2D eigenvalue weighted by molar-refractivity contribution is 5.41. The maximum absolute atomic E-state index is 10.0. The van der Waals surface area contributed by atoms with Crippen LogP contribution < -0.4 is 5.32 Å². The molecular formula is C19H30N2O. The summed E-state index contributed by atoms with van der Waals surface area (Å²) in [5, 5.41) is 13.5. The Morgan fingerprint density at radius 1 is 1.23 bits per heavy atom. The van der Waals surface area contributed by atoms with Gasteiger partial charge in [0.05, 0.1) is 0 Å². The van der Waals surface area contributed by atoms with Gasteiger partial charge in [-0.1, -0.05) is 19.1 Å². The van der Waals surface area contributed by atoms with Gasteiger partial charge in [-0.25, -0.2) is 0 Å². The first-order valence-corrected chi connectivity index (χ1v) is 9.02. The van der Waals surface area contributed by atoms with Gasteiger partial charge in [-0.3, -0.25) is 4.90 Å². The average Bonchev–Trinajstić information content (AvgIpc) is 2.55. The van der Waals surface area contributed by atoms with Crippen LogP contribution in [-0.4, -0.2) is 42.2 Å². The molecule has 1 aromatic carbocycles. The molecule has 2 aliphatic rings. The molecule has 0 amide bonds. The zero-order chi connectivity index (χ0) is 15.4. The van der Waals surface area contributed by atoms with Gasteiger partial charge >= 0.3 is 0 Å². The minimum atomic E-state index is 0.497. The SMILES string of the molecule is CCCN(CC1CCNCC1)[C@@H]1CCc2c(O)cccc2C1. The monoisotopic (exact) mass is 302 g/mol. The van der Waals surface area contributed by atoms with Crippen molar-refractivity contribution in [2.24, 2.45) is 5.92 Å². The van der Waals surface area contributed by atoms with Crippen LogP contribution in [0.15, 0.2) is 18.2 Å². The summed E-state index contributed by atoms with van der Waals surface area (Å²) in [6.45, 7) is 7.13. The first kappa shape index (κ1) is 15.8. The van der Waals surface area contributed by atoms with Crippen LogP contribution in [0.4, 0.5) is 0 Å². The van der Waals surface area contributed by atoms with Crippen molar-refractivity contribution in [3.05, 3.63) is 29.3 Å². The van der Waals surface area contributed by atoms with Crippen molar-refractivity contribution in [1.82, 2.24) is 10.2 Å². The highest BCUT2D eigenvalue weighted by atomic mass is 16.3. The van der Waals surface area contributed by atoms with Gasteiger partial charge in [-0.15, -0.1) is 0 Å². The van der Waals surface area contributed by atoms with Crippen molar-refractivity contribution in [2.45, 2.75) is 51.5 Å². The third-order valence-corrected chi connectivity index (χ3v) is 5.41. The highest BCUT2D eigenvalue weighted by Gasteiger charge is 2.27. The summed E-state index contributed by atoms with van der Waals surface area (Å²) in [5.74, 6) is 1.36. The number of phenols is 1. The van der Waals surface area contributed by atoms with E-state index in [0.717, 1.165) is 18.8 Å². The summed E-state index contributed by atoms with van der Waals surface area (Å²) in [6.07, 6.45) is 7.20. The summed E-state index contributed by atoms with van der Waals surface area (Å²) in [7, 11) is 0. The van der Waals surface area contributed by atoms with E-state index in [-0.39, 0.29) is 0 Å². The Morgan fingerprint density at radius 2 is 2.05 bits per heavy atom. The Bertz CT molecular complexity index is 482. The van der Waals surface area contributed by atoms with Crippen LogP contribution in [0.1, 0.15) is 43.7 Å².